The van der Waals surface area contributed by atoms with Crippen molar-refractivity contribution in [1.29, 1.82) is 0 Å². The number of hydrogen-bond acceptors (Lipinski definition) is 2. The van der Waals surface area contributed by atoms with Crippen molar-refractivity contribution in [3.63, 3.8) is 0 Å². The van der Waals surface area contributed by atoms with Crippen LogP contribution in [0.1, 0.15) is 11.1 Å². The number of anilines is 1. The van der Waals surface area contributed by atoms with Gasteiger partial charge in [0, 0.05) is 5.69 Å². The van der Waals surface area contributed by atoms with Gasteiger partial charge < -0.3 is 10.6 Å². The number of amides is 2. The van der Waals surface area contributed by atoms with Gasteiger partial charge in [-0.15, -0.1) is 0 Å². The van der Waals surface area contributed by atoms with E-state index in [-0.39, 0.29) is 24.8 Å². The first-order valence-electron chi connectivity index (χ1n) is 8.22. The third-order valence-corrected chi connectivity index (χ3v) is 4.01. The minimum Gasteiger partial charge on any atom is -0.347 e. The Morgan fingerprint density at radius 2 is 1.56 bits per heavy atom. The lowest BCUT2D eigenvalue weighted by molar-refractivity contribution is -0.123. The fourth-order valence-electron chi connectivity index (χ4n) is 2.70. The fourth-order valence-corrected chi connectivity index (χ4v) is 2.70. The average molecular weight is 332 g/mol. The van der Waals surface area contributed by atoms with Crippen LogP contribution < -0.4 is 10.6 Å². The van der Waals surface area contributed by atoms with Crippen LogP contribution in [0.4, 0.5) is 5.69 Å². The molecule has 3 aromatic carbocycles. The van der Waals surface area contributed by atoms with Gasteiger partial charge in [-0.25, -0.2) is 0 Å². The van der Waals surface area contributed by atoms with E-state index in [9.17, 15) is 9.59 Å². The maximum Gasteiger partial charge on any atom is 0.243 e. The molecule has 0 spiro atoms. The second-order valence-electron chi connectivity index (χ2n) is 6.01. The van der Waals surface area contributed by atoms with Crippen LogP contribution in [0.5, 0.6) is 0 Å². The van der Waals surface area contributed by atoms with Crippen molar-refractivity contribution in [2.24, 2.45) is 0 Å². The molecule has 4 heteroatoms. The quantitative estimate of drug-likeness (QED) is 0.752. The van der Waals surface area contributed by atoms with E-state index in [1.54, 1.807) is 0 Å². The van der Waals surface area contributed by atoms with Crippen molar-refractivity contribution in [3.8, 4) is 0 Å². The third kappa shape index (κ3) is 4.44. The van der Waals surface area contributed by atoms with E-state index >= 15 is 0 Å². The smallest absolute Gasteiger partial charge is 0.243 e. The molecular weight excluding hydrogens is 312 g/mol. The standard InChI is InChI=1S/C21H20N2O2/c1-15-9-11-18(12-10-15)23-21(25)14-22-20(24)13-17-7-4-6-16-5-2-3-8-19(16)17/h2-12H,13-14H2,1H3,(H,22,24)(H,23,25). The summed E-state index contributed by atoms with van der Waals surface area (Å²) in [4.78, 5) is 24.1. The Labute approximate surface area is 146 Å². The molecule has 2 amide bonds. The molecule has 25 heavy (non-hydrogen) atoms. The summed E-state index contributed by atoms with van der Waals surface area (Å²) in [6.07, 6.45) is 0.249. The molecule has 0 radical (unpaired) electrons. The van der Waals surface area contributed by atoms with Crippen LogP contribution in [0, 0.1) is 6.92 Å². The van der Waals surface area contributed by atoms with Gasteiger partial charge in [0.2, 0.25) is 11.8 Å². The highest BCUT2D eigenvalue weighted by Crippen LogP contribution is 2.18. The molecule has 3 aromatic rings. The van der Waals surface area contributed by atoms with E-state index in [1.807, 2.05) is 73.7 Å². The minimum atomic E-state index is -0.241. The summed E-state index contributed by atoms with van der Waals surface area (Å²) in [6, 6.07) is 21.4. The van der Waals surface area contributed by atoms with E-state index in [4.69, 9.17) is 0 Å². The van der Waals surface area contributed by atoms with Gasteiger partial charge in [0.25, 0.3) is 0 Å². The SMILES string of the molecule is Cc1ccc(NC(=O)CNC(=O)Cc2cccc3ccccc23)cc1. The third-order valence-electron chi connectivity index (χ3n) is 4.01. The molecule has 0 heterocycles. The van der Waals surface area contributed by atoms with Crippen molar-refractivity contribution in [1.82, 2.24) is 5.32 Å². The molecule has 0 aliphatic rings. The van der Waals surface area contributed by atoms with E-state index in [1.165, 1.54) is 0 Å². The van der Waals surface area contributed by atoms with Crippen molar-refractivity contribution in [2.45, 2.75) is 13.3 Å². The second-order valence-corrected chi connectivity index (χ2v) is 6.01. The maximum absolute atomic E-state index is 12.2. The topological polar surface area (TPSA) is 58.2 Å². The Balaban J connectivity index is 1.55. The summed E-state index contributed by atoms with van der Waals surface area (Å²) in [6.45, 7) is 1.94. The van der Waals surface area contributed by atoms with Crippen molar-refractivity contribution >= 4 is 28.3 Å². The minimum absolute atomic E-state index is 0.0442. The number of hydrogen-bond donors (Lipinski definition) is 2. The second kappa shape index (κ2) is 7.62. The van der Waals surface area contributed by atoms with Crippen molar-refractivity contribution in [2.75, 3.05) is 11.9 Å². The Kier molecular flexibility index (Phi) is 5.09. The average Bonchev–Trinajstić information content (AvgIpc) is 2.62. The number of aryl methyl sites for hydroxylation is 1. The molecule has 0 bridgehead atoms. The maximum atomic E-state index is 12.2. The molecule has 126 valence electrons. The van der Waals surface area contributed by atoms with Crippen LogP contribution in [-0.4, -0.2) is 18.4 Å². The van der Waals surface area contributed by atoms with Crippen LogP contribution in [0.2, 0.25) is 0 Å². The monoisotopic (exact) mass is 332 g/mol. The predicted octanol–water partition coefficient (Wildman–Crippen LogP) is 3.45. The van der Waals surface area contributed by atoms with Crippen molar-refractivity contribution < 1.29 is 9.59 Å². The lowest BCUT2D eigenvalue weighted by Crippen LogP contribution is -2.33. The molecule has 0 aliphatic heterocycles. The summed E-state index contributed by atoms with van der Waals surface area (Å²) in [5, 5.41) is 7.60. The molecule has 3 rings (SSSR count). The van der Waals surface area contributed by atoms with Crippen LogP contribution in [0.25, 0.3) is 10.8 Å². The normalized spacial score (nSPS) is 10.4. The molecule has 0 aromatic heterocycles. The first-order valence-corrected chi connectivity index (χ1v) is 8.22. The highest BCUT2D eigenvalue weighted by Gasteiger charge is 2.09. The van der Waals surface area contributed by atoms with Crippen LogP contribution in [0.3, 0.4) is 0 Å². The Morgan fingerprint density at radius 3 is 2.36 bits per heavy atom. The van der Waals surface area contributed by atoms with Crippen molar-refractivity contribution in [3.05, 3.63) is 77.9 Å². The number of nitrogens with one attached hydrogen (secondary N) is 2. The Hall–Kier alpha value is -3.14. The number of carbonyl (C=O) groups is 2. The van der Waals surface area contributed by atoms with E-state index in [0.717, 1.165) is 27.6 Å². The highest BCUT2D eigenvalue weighted by molar-refractivity contribution is 5.95. The highest BCUT2D eigenvalue weighted by atomic mass is 16.2. The predicted molar refractivity (Wildman–Crippen MR) is 100 cm³/mol. The number of fused-ring (bicyclic) bond motifs is 1. The summed E-state index contributed by atoms with van der Waals surface area (Å²) in [5.74, 6) is -0.412. The summed E-state index contributed by atoms with van der Waals surface area (Å²) in [5.41, 5.74) is 2.80. The lowest BCUT2D eigenvalue weighted by Gasteiger charge is -2.09. The lowest BCUT2D eigenvalue weighted by atomic mass is 10.0. The first-order chi connectivity index (χ1) is 12.1. The van der Waals surface area contributed by atoms with Crippen LogP contribution in [0.15, 0.2) is 66.7 Å². The molecule has 0 fully saturated rings. The zero-order valence-corrected chi connectivity index (χ0v) is 14.1. The van der Waals surface area contributed by atoms with E-state index in [2.05, 4.69) is 10.6 Å². The van der Waals surface area contributed by atoms with Gasteiger partial charge in [0.05, 0.1) is 13.0 Å². The zero-order valence-electron chi connectivity index (χ0n) is 14.1. The Bertz CT molecular complexity index is 896. The van der Waals surface area contributed by atoms with Gasteiger partial charge in [0.15, 0.2) is 0 Å². The molecule has 0 atom stereocenters. The fraction of sp³-hybridized carbons (Fsp3) is 0.143. The summed E-state index contributed by atoms with van der Waals surface area (Å²) >= 11 is 0. The van der Waals surface area contributed by atoms with Gasteiger partial charge in [-0.3, -0.25) is 9.59 Å². The number of rotatable bonds is 5. The van der Waals surface area contributed by atoms with Gasteiger partial charge >= 0.3 is 0 Å². The van der Waals surface area contributed by atoms with Gasteiger partial charge in [-0.2, -0.15) is 0 Å². The van der Waals surface area contributed by atoms with E-state index < -0.39 is 0 Å². The molecule has 0 aliphatic carbocycles. The Morgan fingerprint density at radius 1 is 0.840 bits per heavy atom. The molecular formula is C21H20N2O2. The molecule has 0 saturated heterocycles. The first kappa shape index (κ1) is 16.7. The van der Waals surface area contributed by atoms with Crippen LogP contribution >= 0.6 is 0 Å². The number of benzene rings is 3. The van der Waals surface area contributed by atoms with Crippen LogP contribution in [-0.2, 0) is 16.0 Å². The summed E-state index contributed by atoms with van der Waals surface area (Å²) < 4.78 is 0. The zero-order chi connectivity index (χ0) is 17.6. The summed E-state index contributed by atoms with van der Waals surface area (Å²) in [7, 11) is 0. The molecule has 0 unspecified atom stereocenters. The molecule has 0 saturated carbocycles. The van der Waals surface area contributed by atoms with E-state index in [0.29, 0.717) is 0 Å². The van der Waals surface area contributed by atoms with Gasteiger partial charge in [-0.1, -0.05) is 60.2 Å². The van der Waals surface area contributed by atoms with Gasteiger partial charge in [0.1, 0.15) is 0 Å². The molecule has 4 nitrogen and oxygen atoms in total. The largest absolute Gasteiger partial charge is 0.347 e. The number of carbonyl (C=O) groups excluding carboxylic acids is 2. The van der Waals surface area contributed by atoms with Gasteiger partial charge in [-0.05, 0) is 35.4 Å². The molecule has 2 N–H and O–H groups in total.